The maximum Gasteiger partial charge on any atom is 0.234 e. The predicted octanol–water partition coefficient (Wildman–Crippen LogP) is 4.84. The summed E-state index contributed by atoms with van der Waals surface area (Å²) in [5.41, 5.74) is 3.40. The van der Waals surface area contributed by atoms with Crippen molar-refractivity contribution in [3.05, 3.63) is 41.9 Å². The Morgan fingerprint density at radius 3 is 2.88 bits per heavy atom. The van der Waals surface area contributed by atoms with E-state index in [2.05, 4.69) is 35.2 Å². The lowest BCUT2D eigenvalue weighted by Crippen LogP contribution is -2.32. The van der Waals surface area contributed by atoms with Crippen LogP contribution in [0, 0.1) is 0 Å². The highest BCUT2D eigenvalue weighted by Crippen LogP contribution is 2.39. The number of aromatic nitrogens is 3. The number of rotatable bonds is 6. The number of fused-ring (bicyclic) bond motifs is 4. The van der Waals surface area contributed by atoms with Crippen molar-refractivity contribution in [1.29, 1.82) is 0 Å². The van der Waals surface area contributed by atoms with Gasteiger partial charge in [-0.2, -0.15) is 0 Å². The van der Waals surface area contributed by atoms with Gasteiger partial charge in [-0.05, 0) is 32.0 Å². The largest absolute Gasteiger partial charge is 0.497 e. The number of nitrogens with zero attached hydrogens (tertiary/aromatic N) is 3. The standard InChI is InChI=1S/C24H24N4O4S2/c1-24(2)9-17-13(10-32-24)7-15-20-21(34-22(15)28-17)23(26-12-25-20)33-11-19(29)27-16-6-5-14(30-3)8-18(16)31-4/h5-8,12H,9-11H2,1-4H3,(H,27,29). The molecule has 0 atom stereocenters. The van der Waals surface area contributed by atoms with Crippen LogP contribution in [0.15, 0.2) is 35.6 Å². The molecule has 0 spiro atoms. The first-order valence-electron chi connectivity index (χ1n) is 10.7. The molecule has 34 heavy (non-hydrogen) atoms. The number of carbonyl (C=O) groups is 1. The lowest BCUT2D eigenvalue weighted by Gasteiger charge is -2.30. The molecule has 1 N–H and O–H groups in total. The van der Waals surface area contributed by atoms with Gasteiger partial charge in [0.05, 0.1) is 53.8 Å². The molecule has 176 valence electrons. The summed E-state index contributed by atoms with van der Waals surface area (Å²) in [6.45, 7) is 4.71. The maximum absolute atomic E-state index is 12.7. The zero-order valence-electron chi connectivity index (χ0n) is 19.3. The summed E-state index contributed by atoms with van der Waals surface area (Å²) < 4.78 is 17.5. The van der Waals surface area contributed by atoms with Crippen LogP contribution in [-0.4, -0.2) is 46.4 Å². The van der Waals surface area contributed by atoms with E-state index in [0.717, 1.165) is 43.1 Å². The first-order chi connectivity index (χ1) is 16.4. The molecule has 0 aliphatic carbocycles. The highest BCUT2D eigenvalue weighted by atomic mass is 32.2. The number of anilines is 1. The Bertz CT molecular complexity index is 1400. The highest BCUT2D eigenvalue weighted by Gasteiger charge is 2.28. The van der Waals surface area contributed by atoms with Gasteiger partial charge in [0.2, 0.25) is 5.91 Å². The first kappa shape index (κ1) is 22.8. The lowest BCUT2D eigenvalue weighted by atomic mass is 9.95. The maximum atomic E-state index is 12.7. The average molecular weight is 497 g/mol. The van der Waals surface area contributed by atoms with Gasteiger partial charge in [-0.1, -0.05) is 11.8 Å². The molecule has 0 bridgehead atoms. The number of ether oxygens (including phenoxy) is 3. The molecule has 0 fully saturated rings. The molecule has 1 aliphatic rings. The summed E-state index contributed by atoms with van der Waals surface area (Å²) in [7, 11) is 3.14. The third kappa shape index (κ3) is 4.40. The fraction of sp³-hybridized carbons (Fsp3) is 0.333. The van der Waals surface area contributed by atoms with Gasteiger partial charge < -0.3 is 19.5 Å². The normalized spacial score (nSPS) is 14.7. The Kier molecular flexibility index (Phi) is 6.05. The summed E-state index contributed by atoms with van der Waals surface area (Å²) in [6, 6.07) is 7.39. The van der Waals surface area contributed by atoms with E-state index in [0.29, 0.717) is 23.8 Å². The average Bonchev–Trinajstić information content (AvgIpc) is 3.19. The number of methoxy groups -OCH3 is 2. The molecule has 1 amide bonds. The molecule has 1 aromatic carbocycles. The fourth-order valence-electron chi connectivity index (χ4n) is 3.89. The summed E-state index contributed by atoms with van der Waals surface area (Å²) in [5, 5.41) is 4.66. The van der Waals surface area contributed by atoms with Gasteiger partial charge in [-0.3, -0.25) is 4.79 Å². The Hall–Kier alpha value is -2.95. The van der Waals surface area contributed by atoms with E-state index in [1.165, 1.54) is 11.8 Å². The lowest BCUT2D eigenvalue weighted by molar-refractivity contribution is -0.113. The number of pyridine rings is 1. The molecule has 1 aliphatic heterocycles. The van der Waals surface area contributed by atoms with Crippen LogP contribution >= 0.6 is 23.1 Å². The first-order valence-corrected chi connectivity index (χ1v) is 12.5. The molecular formula is C24H24N4O4S2. The molecule has 8 nitrogen and oxygen atoms in total. The number of thioether (sulfide) groups is 1. The summed E-state index contributed by atoms with van der Waals surface area (Å²) in [4.78, 5) is 27.5. The number of thiophene rings is 1. The Morgan fingerprint density at radius 2 is 2.09 bits per heavy atom. The molecule has 0 radical (unpaired) electrons. The number of amides is 1. The minimum atomic E-state index is -0.217. The van der Waals surface area contributed by atoms with E-state index in [9.17, 15) is 4.79 Å². The quantitative estimate of drug-likeness (QED) is 0.299. The van der Waals surface area contributed by atoms with Crippen molar-refractivity contribution in [3.8, 4) is 11.5 Å². The number of nitrogens with one attached hydrogen (secondary N) is 1. The molecule has 5 rings (SSSR count). The summed E-state index contributed by atoms with van der Waals surface area (Å²) in [6.07, 6.45) is 2.31. The Labute approximate surface area is 205 Å². The Morgan fingerprint density at radius 1 is 1.24 bits per heavy atom. The zero-order chi connectivity index (χ0) is 23.9. The second-order valence-electron chi connectivity index (χ2n) is 8.53. The minimum Gasteiger partial charge on any atom is -0.497 e. The number of hydrogen-bond acceptors (Lipinski definition) is 9. The SMILES string of the molecule is COc1ccc(NC(=O)CSc2ncnc3c2sc2nc4c(cc23)COC(C)(C)C4)c(OC)c1. The number of carbonyl (C=O) groups excluding carboxylic acids is 1. The van der Waals surface area contributed by atoms with Crippen LogP contribution in [0.2, 0.25) is 0 Å². The Balaban J connectivity index is 1.38. The number of benzene rings is 1. The van der Waals surface area contributed by atoms with Crippen molar-refractivity contribution >= 4 is 55.1 Å². The van der Waals surface area contributed by atoms with Crippen LogP contribution in [0.1, 0.15) is 25.1 Å². The van der Waals surface area contributed by atoms with Crippen molar-refractivity contribution in [3.63, 3.8) is 0 Å². The van der Waals surface area contributed by atoms with Crippen LogP contribution in [0.3, 0.4) is 0 Å². The van der Waals surface area contributed by atoms with E-state index >= 15 is 0 Å². The van der Waals surface area contributed by atoms with E-state index in [1.54, 1.807) is 50.1 Å². The molecule has 4 heterocycles. The third-order valence-electron chi connectivity index (χ3n) is 5.62. The van der Waals surface area contributed by atoms with Gasteiger partial charge in [-0.15, -0.1) is 11.3 Å². The fourth-order valence-corrected chi connectivity index (χ4v) is 5.89. The van der Waals surface area contributed by atoms with Crippen molar-refractivity contribution in [1.82, 2.24) is 15.0 Å². The molecule has 3 aromatic heterocycles. The highest BCUT2D eigenvalue weighted by molar-refractivity contribution is 8.00. The van der Waals surface area contributed by atoms with Crippen molar-refractivity contribution < 1.29 is 19.0 Å². The predicted molar refractivity (Wildman–Crippen MR) is 134 cm³/mol. The molecule has 0 saturated carbocycles. The van der Waals surface area contributed by atoms with Gasteiger partial charge in [0, 0.05) is 23.4 Å². The second-order valence-corrected chi connectivity index (χ2v) is 10.5. The topological polar surface area (TPSA) is 95.5 Å². The second kappa shape index (κ2) is 9.01. The van der Waals surface area contributed by atoms with Gasteiger partial charge in [0.1, 0.15) is 27.7 Å². The van der Waals surface area contributed by atoms with Crippen molar-refractivity contribution in [2.45, 2.75) is 37.5 Å². The van der Waals surface area contributed by atoms with Crippen LogP contribution in [0.25, 0.3) is 20.4 Å². The summed E-state index contributed by atoms with van der Waals surface area (Å²) >= 11 is 2.94. The minimum absolute atomic E-state index is 0.158. The molecule has 10 heteroatoms. The molecular weight excluding hydrogens is 472 g/mol. The van der Waals surface area contributed by atoms with Gasteiger partial charge >= 0.3 is 0 Å². The van der Waals surface area contributed by atoms with E-state index in [-0.39, 0.29) is 17.3 Å². The van der Waals surface area contributed by atoms with Gasteiger partial charge in [0.15, 0.2) is 0 Å². The smallest absolute Gasteiger partial charge is 0.234 e. The third-order valence-corrected chi connectivity index (χ3v) is 7.83. The van der Waals surface area contributed by atoms with Crippen molar-refractivity contribution in [2.75, 3.05) is 25.3 Å². The van der Waals surface area contributed by atoms with Crippen LogP contribution in [0.4, 0.5) is 5.69 Å². The van der Waals surface area contributed by atoms with E-state index in [1.807, 2.05) is 0 Å². The van der Waals surface area contributed by atoms with Crippen LogP contribution in [-0.2, 0) is 22.6 Å². The van der Waals surface area contributed by atoms with Crippen LogP contribution in [0.5, 0.6) is 11.5 Å². The molecule has 0 unspecified atom stereocenters. The van der Waals surface area contributed by atoms with Gasteiger partial charge in [0.25, 0.3) is 0 Å². The van der Waals surface area contributed by atoms with Gasteiger partial charge in [-0.25, -0.2) is 15.0 Å². The van der Waals surface area contributed by atoms with E-state index in [4.69, 9.17) is 19.2 Å². The summed E-state index contributed by atoms with van der Waals surface area (Å²) in [5.74, 6) is 1.23. The monoisotopic (exact) mass is 496 g/mol. The van der Waals surface area contributed by atoms with Crippen molar-refractivity contribution in [2.24, 2.45) is 0 Å². The van der Waals surface area contributed by atoms with Crippen LogP contribution < -0.4 is 14.8 Å². The number of hydrogen-bond donors (Lipinski definition) is 1. The zero-order valence-corrected chi connectivity index (χ0v) is 20.9. The van der Waals surface area contributed by atoms with E-state index < -0.39 is 0 Å². The molecule has 0 saturated heterocycles. The molecule has 4 aromatic rings.